The highest BCUT2D eigenvalue weighted by Crippen LogP contribution is 2.26. The molecule has 1 saturated carbocycles. The molecule has 2 aliphatic rings. The van der Waals surface area contributed by atoms with Gasteiger partial charge in [0.05, 0.1) is 37.5 Å². The number of benzene rings is 2. The van der Waals surface area contributed by atoms with Gasteiger partial charge < -0.3 is 46.1 Å². The summed E-state index contributed by atoms with van der Waals surface area (Å²) in [5, 5.41) is 30.6. The number of amides is 1. The zero-order valence-electron chi connectivity index (χ0n) is 26.9. The van der Waals surface area contributed by atoms with Crippen LogP contribution in [0.2, 0.25) is 0 Å². The lowest BCUT2D eigenvalue weighted by atomic mass is 9.93. The standard InChI is InChI=1S/C32H44N10O6/c33-12-18-47-20-21-48-19-13-34-29(44)23-2-1-3-25(22-23)36-31-37-30(35-24-4-10-28(43)11-5-24)38-32(39-31)41-16-14-40(15-17-41)26-6-8-27(9-7-26)42(45)46/h1-3,6-9,22,24,28,43H,4-5,10-21,33H2,(H,34,44)(H2,35,36,37,38,39). The Kier molecular flexibility index (Phi) is 12.6. The minimum atomic E-state index is -0.401. The van der Waals surface area contributed by atoms with Gasteiger partial charge in [-0.3, -0.25) is 14.9 Å². The van der Waals surface area contributed by atoms with Gasteiger partial charge in [0, 0.05) is 74.4 Å². The van der Waals surface area contributed by atoms with Crippen LogP contribution in [0.15, 0.2) is 48.5 Å². The molecule has 0 spiro atoms. The molecule has 6 N–H and O–H groups in total. The Morgan fingerprint density at radius 3 is 2.31 bits per heavy atom. The Balaban J connectivity index is 1.23. The van der Waals surface area contributed by atoms with Gasteiger partial charge in [-0.1, -0.05) is 6.07 Å². The summed E-state index contributed by atoms with van der Waals surface area (Å²) in [4.78, 5) is 41.9. The van der Waals surface area contributed by atoms with Crippen LogP contribution in [0.25, 0.3) is 0 Å². The molecule has 5 rings (SSSR count). The van der Waals surface area contributed by atoms with E-state index in [0.29, 0.717) is 94.8 Å². The summed E-state index contributed by atoms with van der Waals surface area (Å²) in [5.74, 6) is 1.05. The minimum Gasteiger partial charge on any atom is -0.393 e. The second kappa shape index (κ2) is 17.5. The van der Waals surface area contributed by atoms with E-state index in [1.165, 1.54) is 12.1 Å². The van der Waals surface area contributed by atoms with Crippen LogP contribution in [-0.4, -0.2) is 109 Å². The molecule has 2 aromatic carbocycles. The summed E-state index contributed by atoms with van der Waals surface area (Å²) in [5.41, 5.74) is 7.49. The molecule has 1 aromatic heterocycles. The topological polar surface area (TPSA) is 206 Å². The van der Waals surface area contributed by atoms with E-state index in [2.05, 4.69) is 30.7 Å². The van der Waals surface area contributed by atoms with Crippen molar-refractivity contribution in [3.8, 4) is 0 Å². The summed E-state index contributed by atoms with van der Waals surface area (Å²) in [6.07, 6.45) is 2.77. The van der Waals surface area contributed by atoms with Gasteiger partial charge in [-0.15, -0.1) is 0 Å². The number of nitrogens with one attached hydrogen (secondary N) is 3. The maximum atomic E-state index is 12.8. The van der Waals surface area contributed by atoms with Gasteiger partial charge >= 0.3 is 0 Å². The number of aromatic nitrogens is 3. The number of aliphatic hydroxyl groups excluding tert-OH is 1. The van der Waals surface area contributed by atoms with Gasteiger partial charge in [0.2, 0.25) is 17.8 Å². The fourth-order valence-corrected chi connectivity index (χ4v) is 5.59. The fraction of sp³-hybridized carbons (Fsp3) is 0.500. The molecule has 1 saturated heterocycles. The lowest BCUT2D eigenvalue weighted by molar-refractivity contribution is -0.384. The van der Waals surface area contributed by atoms with Crippen LogP contribution in [0.3, 0.4) is 0 Å². The number of anilines is 5. The number of nitrogens with two attached hydrogens (primary N) is 1. The smallest absolute Gasteiger partial charge is 0.269 e. The number of hydrogen-bond acceptors (Lipinski definition) is 14. The van der Waals surface area contributed by atoms with Crippen LogP contribution in [0.4, 0.5) is 34.9 Å². The van der Waals surface area contributed by atoms with E-state index < -0.39 is 4.92 Å². The van der Waals surface area contributed by atoms with E-state index in [1.54, 1.807) is 30.3 Å². The molecule has 0 unspecified atom stereocenters. The average molecular weight is 665 g/mol. The molecule has 48 heavy (non-hydrogen) atoms. The fourth-order valence-electron chi connectivity index (χ4n) is 5.59. The molecule has 1 aliphatic heterocycles. The molecule has 258 valence electrons. The molecule has 2 heterocycles. The first-order chi connectivity index (χ1) is 23.4. The zero-order valence-corrected chi connectivity index (χ0v) is 26.9. The molecule has 0 bridgehead atoms. The number of nitrogens with zero attached hydrogens (tertiary/aromatic N) is 6. The summed E-state index contributed by atoms with van der Waals surface area (Å²) >= 11 is 0. The van der Waals surface area contributed by atoms with Crippen molar-refractivity contribution in [1.82, 2.24) is 20.3 Å². The van der Waals surface area contributed by atoms with Gasteiger partial charge in [-0.2, -0.15) is 15.0 Å². The Hall–Kier alpha value is -4.64. The van der Waals surface area contributed by atoms with Crippen molar-refractivity contribution in [2.24, 2.45) is 5.73 Å². The molecule has 2 fully saturated rings. The lowest BCUT2D eigenvalue weighted by Gasteiger charge is -2.36. The van der Waals surface area contributed by atoms with Crippen molar-refractivity contribution in [3.05, 3.63) is 64.2 Å². The van der Waals surface area contributed by atoms with Crippen LogP contribution in [0.5, 0.6) is 0 Å². The number of piperazine rings is 1. The molecular formula is C32H44N10O6. The maximum absolute atomic E-state index is 12.8. The van der Waals surface area contributed by atoms with Crippen LogP contribution in [0, 0.1) is 10.1 Å². The number of hydrogen-bond donors (Lipinski definition) is 5. The first kappa shape index (κ1) is 34.7. The first-order valence-electron chi connectivity index (χ1n) is 16.3. The van der Waals surface area contributed by atoms with Crippen LogP contribution >= 0.6 is 0 Å². The summed E-state index contributed by atoms with van der Waals surface area (Å²) in [6, 6.07) is 13.8. The van der Waals surface area contributed by atoms with Crippen LogP contribution < -0.4 is 31.5 Å². The number of nitro benzene ring substituents is 1. The number of ether oxygens (including phenoxy) is 2. The monoisotopic (exact) mass is 664 g/mol. The van der Waals surface area contributed by atoms with Crippen molar-refractivity contribution in [2.45, 2.75) is 37.8 Å². The second-order valence-corrected chi connectivity index (χ2v) is 11.7. The molecule has 16 heteroatoms. The van der Waals surface area contributed by atoms with Crippen molar-refractivity contribution >= 4 is 40.8 Å². The second-order valence-electron chi connectivity index (χ2n) is 11.7. The predicted octanol–water partition coefficient (Wildman–Crippen LogP) is 2.29. The van der Waals surface area contributed by atoms with Gasteiger partial charge in [0.25, 0.3) is 11.6 Å². The van der Waals surface area contributed by atoms with Gasteiger partial charge in [-0.05, 0) is 56.0 Å². The third kappa shape index (κ3) is 10.2. The van der Waals surface area contributed by atoms with Crippen molar-refractivity contribution < 1.29 is 24.3 Å². The Morgan fingerprint density at radius 1 is 0.917 bits per heavy atom. The maximum Gasteiger partial charge on any atom is 0.269 e. The first-order valence-corrected chi connectivity index (χ1v) is 16.3. The van der Waals surface area contributed by atoms with E-state index in [1.807, 2.05) is 6.07 Å². The zero-order chi connectivity index (χ0) is 33.7. The minimum absolute atomic E-state index is 0.0621. The van der Waals surface area contributed by atoms with E-state index in [9.17, 15) is 20.0 Å². The molecular weight excluding hydrogens is 620 g/mol. The highest BCUT2D eigenvalue weighted by Gasteiger charge is 2.24. The SMILES string of the molecule is NCCOCCOCCNC(=O)c1cccc(Nc2nc(NC3CCC(O)CC3)nc(N3CCN(c4ccc([N+](=O)[O-])cc4)CC3)n2)c1. The molecule has 16 nitrogen and oxygen atoms in total. The Labute approximate surface area is 279 Å². The number of rotatable bonds is 16. The molecule has 1 aliphatic carbocycles. The number of nitro groups is 1. The van der Waals surface area contributed by atoms with E-state index in [4.69, 9.17) is 25.2 Å². The Morgan fingerprint density at radius 2 is 1.60 bits per heavy atom. The van der Waals surface area contributed by atoms with Crippen molar-refractivity contribution in [2.75, 3.05) is 86.1 Å². The van der Waals surface area contributed by atoms with Crippen LogP contribution in [0.1, 0.15) is 36.0 Å². The van der Waals surface area contributed by atoms with Crippen LogP contribution in [-0.2, 0) is 9.47 Å². The molecule has 0 atom stereocenters. The predicted molar refractivity (Wildman–Crippen MR) is 182 cm³/mol. The molecule has 3 aromatic rings. The van der Waals surface area contributed by atoms with Gasteiger partial charge in [0.15, 0.2) is 0 Å². The number of carbonyl (C=O) groups is 1. The third-order valence-electron chi connectivity index (χ3n) is 8.19. The normalized spacial score (nSPS) is 18.0. The molecule has 0 radical (unpaired) electrons. The number of non-ortho nitro benzene ring substituents is 1. The summed E-state index contributed by atoms with van der Waals surface area (Å²) in [7, 11) is 0. The highest BCUT2D eigenvalue weighted by molar-refractivity contribution is 5.95. The highest BCUT2D eigenvalue weighted by atomic mass is 16.6. The number of aliphatic hydroxyl groups is 1. The quantitative estimate of drug-likeness (QED) is 0.0847. The van der Waals surface area contributed by atoms with Crippen molar-refractivity contribution in [1.29, 1.82) is 0 Å². The molecule has 1 amide bonds. The number of carbonyl (C=O) groups excluding carboxylic acids is 1. The average Bonchev–Trinajstić information content (AvgIpc) is 3.10. The lowest BCUT2D eigenvalue weighted by Crippen LogP contribution is -2.47. The largest absolute Gasteiger partial charge is 0.393 e. The third-order valence-corrected chi connectivity index (χ3v) is 8.19. The van der Waals surface area contributed by atoms with Gasteiger partial charge in [0.1, 0.15) is 0 Å². The van der Waals surface area contributed by atoms with E-state index in [-0.39, 0.29) is 23.7 Å². The van der Waals surface area contributed by atoms with E-state index in [0.717, 1.165) is 31.4 Å². The van der Waals surface area contributed by atoms with Crippen molar-refractivity contribution in [3.63, 3.8) is 0 Å². The Bertz CT molecular complexity index is 1480. The van der Waals surface area contributed by atoms with E-state index >= 15 is 0 Å². The summed E-state index contributed by atoms with van der Waals surface area (Å²) < 4.78 is 10.7. The van der Waals surface area contributed by atoms with Gasteiger partial charge in [-0.25, -0.2) is 0 Å². The summed E-state index contributed by atoms with van der Waals surface area (Å²) in [6.45, 7) is 5.19.